The molecule has 0 atom stereocenters. The van der Waals surface area contributed by atoms with Crippen molar-refractivity contribution in [2.75, 3.05) is 0 Å². The Kier molecular flexibility index (Phi) is 5.13. The van der Waals surface area contributed by atoms with Gasteiger partial charge < -0.3 is 9.73 Å². The molecule has 0 radical (unpaired) electrons. The Labute approximate surface area is 154 Å². The number of nitriles is 1. The van der Waals surface area contributed by atoms with Crippen LogP contribution in [0.3, 0.4) is 0 Å². The van der Waals surface area contributed by atoms with E-state index in [1.165, 1.54) is 24.3 Å². The van der Waals surface area contributed by atoms with E-state index in [2.05, 4.69) is 5.32 Å². The Morgan fingerprint density at radius 1 is 1.15 bits per heavy atom. The van der Waals surface area contributed by atoms with Gasteiger partial charge in [-0.3, -0.25) is 4.79 Å². The Hall–Kier alpha value is -3.72. The lowest BCUT2D eigenvalue weighted by atomic mass is 10.1. The summed E-state index contributed by atoms with van der Waals surface area (Å²) in [4.78, 5) is 12.3. The monoisotopic (exact) mass is 364 g/mol. The van der Waals surface area contributed by atoms with Gasteiger partial charge in [0.25, 0.3) is 5.91 Å². The SMILES string of the molecule is Cc1ccccc1C(=O)NC(C#N)=Cc1ccc(-c2ccc(F)cc2F)o1. The molecule has 2 aromatic carbocycles. The highest BCUT2D eigenvalue weighted by Crippen LogP contribution is 2.26. The smallest absolute Gasteiger partial charge is 0.256 e. The van der Waals surface area contributed by atoms with E-state index in [0.29, 0.717) is 5.56 Å². The van der Waals surface area contributed by atoms with Gasteiger partial charge in [-0.2, -0.15) is 5.26 Å². The van der Waals surface area contributed by atoms with Crippen molar-refractivity contribution in [1.82, 2.24) is 5.32 Å². The van der Waals surface area contributed by atoms with Crippen molar-refractivity contribution in [3.63, 3.8) is 0 Å². The molecule has 0 aliphatic carbocycles. The number of carbonyl (C=O) groups is 1. The van der Waals surface area contributed by atoms with Gasteiger partial charge in [-0.1, -0.05) is 18.2 Å². The molecule has 27 heavy (non-hydrogen) atoms. The van der Waals surface area contributed by atoms with Crippen molar-refractivity contribution >= 4 is 12.0 Å². The normalized spacial score (nSPS) is 11.1. The first-order valence-corrected chi connectivity index (χ1v) is 8.02. The minimum absolute atomic E-state index is 0.0243. The predicted octanol–water partition coefficient (Wildman–Crippen LogP) is 4.83. The van der Waals surface area contributed by atoms with E-state index in [1.807, 2.05) is 12.1 Å². The lowest BCUT2D eigenvalue weighted by Gasteiger charge is -2.05. The lowest BCUT2D eigenvalue weighted by Crippen LogP contribution is -2.22. The third kappa shape index (κ3) is 4.10. The molecule has 1 N–H and O–H groups in total. The second-order valence-corrected chi connectivity index (χ2v) is 5.77. The van der Waals surface area contributed by atoms with Crippen LogP contribution in [0.2, 0.25) is 0 Å². The van der Waals surface area contributed by atoms with Crippen molar-refractivity contribution in [3.05, 3.63) is 88.8 Å². The van der Waals surface area contributed by atoms with Crippen LogP contribution >= 0.6 is 0 Å². The molecule has 1 heterocycles. The summed E-state index contributed by atoms with van der Waals surface area (Å²) < 4.78 is 32.4. The largest absolute Gasteiger partial charge is 0.457 e. The second-order valence-electron chi connectivity index (χ2n) is 5.77. The van der Waals surface area contributed by atoms with Gasteiger partial charge in [0.1, 0.15) is 34.9 Å². The molecule has 0 fully saturated rings. The number of amides is 1. The number of halogens is 2. The van der Waals surface area contributed by atoms with Gasteiger partial charge in [-0.05, 0) is 42.8 Å². The first-order valence-electron chi connectivity index (χ1n) is 8.02. The quantitative estimate of drug-likeness (QED) is 0.675. The molecule has 0 aliphatic rings. The van der Waals surface area contributed by atoms with Crippen molar-refractivity contribution in [3.8, 4) is 17.4 Å². The predicted molar refractivity (Wildman–Crippen MR) is 96.3 cm³/mol. The summed E-state index contributed by atoms with van der Waals surface area (Å²) in [6, 6.07) is 15.0. The first-order chi connectivity index (χ1) is 13.0. The fraction of sp³-hybridized carbons (Fsp3) is 0.0476. The molecule has 0 aliphatic heterocycles. The van der Waals surface area contributed by atoms with E-state index in [9.17, 15) is 18.8 Å². The number of rotatable bonds is 4. The van der Waals surface area contributed by atoms with E-state index < -0.39 is 17.5 Å². The van der Waals surface area contributed by atoms with Crippen LogP contribution in [-0.2, 0) is 0 Å². The Morgan fingerprint density at radius 2 is 1.93 bits per heavy atom. The fourth-order valence-electron chi connectivity index (χ4n) is 2.52. The molecule has 0 saturated carbocycles. The minimum Gasteiger partial charge on any atom is -0.457 e. The number of hydrogen-bond acceptors (Lipinski definition) is 3. The molecular formula is C21H14F2N2O2. The van der Waals surface area contributed by atoms with Crippen LogP contribution in [0.5, 0.6) is 0 Å². The highest BCUT2D eigenvalue weighted by atomic mass is 19.1. The number of nitrogens with one attached hydrogen (secondary N) is 1. The van der Waals surface area contributed by atoms with Crippen molar-refractivity contribution in [2.45, 2.75) is 6.92 Å². The van der Waals surface area contributed by atoms with Gasteiger partial charge in [0, 0.05) is 17.7 Å². The number of aryl methyl sites for hydroxylation is 1. The Bertz CT molecular complexity index is 1080. The van der Waals surface area contributed by atoms with Crippen LogP contribution in [0.25, 0.3) is 17.4 Å². The summed E-state index contributed by atoms with van der Waals surface area (Å²) in [5, 5.41) is 11.8. The van der Waals surface area contributed by atoms with Crippen molar-refractivity contribution in [1.29, 1.82) is 5.26 Å². The molecule has 1 amide bonds. The molecule has 0 saturated heterocycles. The lowest BCUT2D eigenvalue weighted by molar-refractivity contribution is 0.0967. The highest BCUT2D eigenvalue weighted by Gasteiger charge is 2.13. The average molecular weight is 364 g/mol. The van der Waals surface area contributed by atoms with Crippen molar-refractivity contribution < 1.29 is 18.0 Å². The summed E-state index contributed by atoms with van der Waals surface area (Å²) in [7, 11) is 0. The second kappa shape index (κ2) is 7.67. The topological polar surface area (TPSA) is 66.0 Å². The van der Waals surface area contributed by atoms with E-state index in [-0.39, 0.29) is 22.8 Å². The molecule has 6 heteroatoms. The summed E-state index contributed by atoms with van der Waals surface area (Å²) in [5.41, 5.74) is 1.30. The molecule has 0 bridgehead atoms. The molecule has 0 unspecified atom stereocenters. The van der Waals surface area contributed by atoms with Crippen LogP contribution in [0.4, 0.5) is 8.78 Å². The zero-order valence-corrected chi connectivity index (χ0v) is 14.3. The Balaban J connectivity index is 1.83. The van der Waals surface area contributed by atoms with E-state index in [1.54, 1.807) is 25.1 Å². The summed E-state index contributed by atoms with van der Waals surface area (Å²) >= 11 is 0. The van der Waals surface area contributed by atoms with Crippen LogP contribution < -0.4 is 5.32 Å². The summed E-state index contributed by atoms with van der Waals surface area (Å²) in [6.45, 7) is 1.79. The zero-order valence-electron chi connectivity index (χ0n) is 14.3. The number of nitrogens with zero attached hydrogens (tertiary/aromatic N) is 1. The van der Waals surface area contributed by atoms with Gasteiger partial charge in [-0.15, -0.1) is 0 Å². The molecule has 3 aromatic rings. The maximum Gasteiger partial charge on any atom is 0.256 e. The number of carbonyl (C=O) groups excluding carboxylic acids is 1. The number of benzene rings is 2. The van der Waals surface area contributed by atoms with Gasteiger partial charge >= 0.3 is 0 Å². The van der Waals surface area contributed by atoms with Crippen LogP contribution in [-0.4, -0.2) is 5.91 Å². The van der Waals surface area contributed by atoms with Crippen molar-refractivity contribution in [2.24, 2.45) is 0 Å². The molecule has 134 valence electrons. The number of hydrogen-bond donors (Lipinski definition) is 1. The van der Waals surface area contributed by atoms with Gasteiger partial charge in [0.2, 0.25) is 0 Å². The molecule has 3 rings (SSSR count). The van der Waals surface area contributed by atoms with E-state index >= 15 is 0 Å². The molecular weight excluding hydrogens is 350 g/mol. The fourth-order valence-corrected chi connectivity index (χ4v) is 2.52. The molecule has 1 aromatic heterocycles. The van der Waals surface area contributed by atoms with Gasteiger partial charge in [0.05, 0.1) is 5.56 Å². The summed E-state index contributed by atoms with van der Waals surface area (Å²) in [6.07, 6.45) is 1.33. The van der Waals surface area contributed by atoms with Gasteiger partial charge in [0.15, 0.2) is 0 Å². The average Bonchev–Trinajstić information content (AvgIpc) is 3.09. The molecule has 0 spiro atoms. The third-order valence-electron chi connectivity index (χ3n) is 3.87. The maximum absolute atomic E-state index is 13.8. The Morgan fingerprint density at radius 3 is 2.63 bits per heavy atom. The minimum atomic E-state index is -0.756. The summed E-state index contributed by atoms with van der Waals surface area (Å²) in [5.74, 6) is -1.43. The van der Waals surface area contributed by atoms with Gasteiger partial charge in [-0.25, -0.2) is 8.78 Å². The number of allylic oxidation sites excluding steroid dienone is 1. The third-order valence-corrected chi connectivity index (χ3v) is 3.87. The maximum atomic E-state index is 13.8. The first kappa shape index (κ1) is 18.1. The van der Waals surface area contributed by atoms with Crippen LogP contribution in [0, 0.1) is 29.9 Å². The highest BCUT2D eigenvalue weighted by molar-refractivity contribution is 5.97. The van der Waals surface area contributed by atoms with Crippen LogP contribution in [0.15, 0.2) is 64.7 Å². The van der Waals surface area contributed by atoms with Crippen LogP contribution in [0.1, 0.15) is 21.7 Å². The van der Waals surface area contributed by atoms with E-state index in [4.69, 9.17) is 4.42 Å². The molecule has 4 nitrogen and oxygen atoms in total. The number of furan rings is 1. The standard InChI is InChI=1S/C21H14F2N2O2/c1-13-4-2-3-5-17(13)21(26)25-15(12-24)11-16-7-9-20(27-16)18-8-6-14(22)10-19(18)23/h2-11H,1H3,(H,25,26). The van der Waals surface area contributed by atoms with E-state index in [0.717, 1.165) is 17.7 Å². The zero-order chi connectivity index (χ0) is 19.4.